The van der Waals surface area contributed by atoms with Crippen molar-refractivity contribution in [1.29, 1.82) is 0 Å². The molecule has 0 fully saturated rings. The number of fused-ring (bicyclic) bond motifs is 2. The average molecular weight is 564 g/mol. The predicted octanol–water partition coefficient (Wildman–Crippen LogP) is 5.92. The fraction of sp³-hybridized carbons (Fsp3) is 0.172. The molecule has 1 aliphatic carbocycles. The summed E-state index contributed by atoms with van der Waals surface area (Å²) < 4.78 is 31.3. The Kier molecular flexibility index (Phi) is 6.60. The Morgan fingerprint density at radius 2 is 1.76 bits per heavy atom. The first kappa shape index (κ1) is 24.8. The normalized spacial score (nSPS) is 16.2. The van der Waals surface area contributed by atoms with Crippen LogP contribution in [0.1, 0.15) is 39.9 Å². The number of dihydropyridines is 1. The highest BCUT2D eigenvalue weighted by atomic mass is 79.9. The smallest absolute Gasteiger partial charge is 0.336 e. The van der Waals surface area contributed by atoms with Crippen molar-refractivity contribution in [2.24, 2.45) is 0 Å². The maximum Gasteiger partial charge on any atom is 0.336 e. The minimum absolute atomic E-state index is 0.0101. The third kappa shape index (κ3) is 4.21. The molecule has 1 heterocycles. The highest BCUT2D eigenvalue weighted by Crippen LogP contribution is 2.49. The van der Waals surface area contributed by atoms with Crippen LogP contribution in [0.5, 0.6) is 11.5 Å². The molecule has 8 heteroatoms. The van der Waals surface area contributed by atoms with E-state index in [1.165, 1.54) is 20.3 Å². The predicted molar refractivity (Wildman–Crippen MR) is 140 cm³/mol. The Morgan fingerprint density at radius 1 is 1.05 bits per heavy atom. The third-order valence-electron chi connectivity index (χ3n) is 6.57. The number of carbonyl (C=O) groups excluding carboxylic acids is 2. The van der Waals surface area contributed by atoms with E-state index in [9.17, 15) is 14.0 Å². The summed E-state index contributed by atoms with van der Waals surface area (Å²) in [5, 5.41) is 3.26. The second-order valence-corrected chi connectivity index (χ2v) is 9.52. The fourth-order valence-corrected chi connectivity index (χ4v) is 5.43. The van der Waals surface area contributed by atoms with E-state index < -0.39 is 11.9 Å². The van der Waals surface area contributed by atoms with Gasteiger partial charge in [0.15, 0.2) is 17.3 Å². The first-order valence-corrected chi connectivity index (χ1v) is 12.3. The molecule has 5 rings (SSSR count). The molecule has 188 valence electrons. The number of methoxy groups -OCH3 is 2. The van der Waals surface area contributed by atoms with E-state index in [1.807, 2.05) is 18.2 Å². The second kappa shape index (κ2) is 9.86. The molecule has 1 aliphatic heterocycles. The van der Waals surface area contributed by atoms with Crippen LogP contribution in [-0.2, 0) is 16.1 Å². The van der Waals surface area contributed by atoms with Gasteiger partial charge in [0.2, 0.25) is 0 Å². The Hall–Kier alpha value is -3.91. The van der Waals surface area contributed by atoms with E-state index in [-0.39, 0.29) is 18.2 Å². The highest BCUT2D eigenvalue weighted by Gasteiger charge is 2.43. The minimum atomic E-state index is -0.714. The number of allylic oxidation sites excluding steroid dienone is 2. The van der Waals surface area contributed by atoms with Gasteiger partial charge in [-0.05, 0) is 46.6 Å². The Bertz CT molecular complexity index is 1510. The van der Waals surface area contributed by atoms with Crippen LogP contribution in [0.3, 0.4) is 0 Å². The van der Waals surface area contributed by atoms with Gasteiger partial charge in [-0.1, -0.05) is 42.5 Å². The van der Waals surface area contributed by atoms with Gasteiger partial charge in [-0.2, -0.15) is 0 Å². The van der Waals surface area contributed by atoms with Crippen molar-refractivity contribution >= 4 is 33.4 Å². The van der Waals surface area contributed by atoms with Crippen LogP contribution < -0.4 is 14.8 Å². The van der Waals surface area contributed by atoms with Crippen LogP contribution in [0.2, 0.25) is 0 Å². The molecule has 0 unspecified atom stereocenters. The molecule has 0 radical (unpaired) electrons. The molecule has 1 N–H and O–H groups in total. The molecule has 2 aliphatic rings. The van der Waals surface area contributed by atoms with Crippen molar-refractivity contribution in [1.82, 2.24) is 5.32 Å². The maximum absolute atomic E-state index is 14.1. The Morgan fingerprint density at radius 3 is 2.46 bits per heavy atom. The summed E-state index contributed by atoms with van der Waals surface area (Å²) in [7, 11) is 2.80. The average Bonchev–Trinajstić information content (AvgIpc) is 3.18. The molecule has 37 heavy (non-hydrogen) atoms. The van der Waals surface area contributed by atoms with Crippen LogP contribution in [0.4, 0.5) is 4.39 Å². The number of hydrogen-bond acceptors (Lipinski definition) is 6. The SMILES string of the molecule is COC(=O)C1=C(C)NC2=C(C(=O)c3ccccc32)[C@@H]1c1cc(Br)c(OCc2ccccc2F)c(OC)c1. The lowest BCUT2D eigenvalue weighted by Crippen LogP contribution is -2.29. The molecule has 0 spiro atoms. The fourth-order valence-electron chi connectivity index (χ4n) is 4.85. The van der Waals surface area contributed by atoms with Gasteiger partial charge in [-0.3, -0.25) is 4.79 Å². The summed E-state index contributed by atoms with van der Waals surface area (Å²) in [5.74, 6) is -1.04. The van der Waals surface area contributed by atoms with Gasteiger partial charge in [0.1, 0.15) is 12.4 Å². The topological polar surface area (TPSA) is 73.9 Å². The van der Waals surface area contributed by atoms with Gasteiger partial charge in [-0.15, -0.1) is 0 Å². The van der Waals surface area contributed by atoms with Gasteiger partial charge in [0.25, 0.3) is 0 Å². The lowest BCUT2D eigenvalue weighted by Gasteiger charge is -2.29. The molecular weight excluding hydrogens is 541 g/mol. The van der Waals surface area contributed by atoms with Crippen LogP contribution in [0.25, 0.3) is 5.70 Å². The molecule has 3 aromatic carbocycles. The van der Waals surface area contributed by atoms with E-state index in [2.05, 4.69) is 21.2 Å². The molecule has 0 aromatic heterocycles. The van der Waals surface area contributed by atoms with E-state index in [0.29, 0.717) is 55.2 Å². The maximum atomic E-state index is 14.1. The van der Waals surface area contributed by atoms with E-state index in [4.69, 9.17) is 14.2 Å². The summed E-state index contributed by atoms with van der Waals surface area (Å²) in [6.07, 6.45) is 0. The largest absolute Gasteiger partial charge is 0.493 e. The summed E-state index contributed by atoms with van der Waals surface area (Å²) in [6, 6.07) is 17.2. The summed E-state index contributed by atoms with van der Waals surface area (Å²) >= 11 is 3.56. The Labute approximate surface area is 221 Å². The Balaban J connectivity index is 1.61. The molecule has 0 bridgehead atoms. The van der Waals surface area contributed by atoms with E-state index in [1.54, 1.807) is 43.3 Å². The lowest BCUT2D eigenvalue weighted by molar-refractivity contribution is -0.136. The molecule has 3 aromatic rings. The van der Waals surface area contributed by atoms with Crippen molar-refractivity contribution in [3.63, 3.8) is 0 Å². The number of hydrogen-bond donors (Lipinski definition) is 1. The zero-order valence-electron chi connectivity index (χ0n) is 20.4. The monoisotopic (exact) mass is 563 g/mol. The van der Waals surface area contributed by atoms with Crippen LogP contribution >= 0.6 is 15.9 Å². The van der Waals surface area contributed by atoms with Crippen molar-refractivity contribution < 1.29 is 28.2 Å². The molecule has 0 amide bonds. The number of nitrogens with one attached hydrogen (secondary N) is 1. The number of ether oxygens (including phenoxy) is 3. The van der Waals surface area contributed by atoms with E-state index >= 15 is 0 Å². The summed E-state index contributed by atoms with van der Waals surface area (Å²) in [5.41, 5.74) is 4.44. The summed E-state index contributed by atoms with van der Waals surface area (Å²) in [4.78, 5) is 26.6. The molecule has 0 saturated heterocycles. The van der Waals surface area contributed by atoms with Crippen molar-refractivity contribution in [2.75, 3.05) is 14.2 Å². The van der Waals surface area contributed by atoms with Crippen LogP contribution in [0.15, 0.2) is 82.0 Å². The van der Waals surface area contributed by atoms with Gasteiger partial charge < -0.3 is 19.5 Å². The van der Waals surface area contributed by atoms with Gasteiger partial charge in [0, 0.05) is 33.9 Å². The summed E-state index contributed by atoms with van der Waals surface area (Å²) in [6.45, 7) is 1.77. The standard InChI is InChI=1S/C29H23BrFNO5/c1-15-23(29(34)36-3)24(25-26(32-15)18-9-5-6-10-19(18)27(25)33)17-12-20(30)28(22(13-17)35-2)37-14-16-8-4-7-11-21(16)31/h4-13,24,32H,14H2,1-3H3/t24-/m1/s1. The van der Waals surface area contributed by atoms with Gasteiger partial charge >= 0.3 is 5.97 Å². The van der Waals surface area contributed by atoms with Crippen molar-refractivity contribution in [3.05, 3.63) is 110 Å². The second-order valence-electron chi connectivity index (χ2n) is 8.67. The first-order chi connectivity index (χ1) is 17.8. The minimum Gasteiger partial charge on any atom is -0.493 e. The third-order valence-corrected chi connectivity index (χ3v) is 7.16. The number of ketones is 1. The number of Topliss-reactive ketones (excluding diaryl/α,β-unsaturated/α-hetero) is 1. The van der Waals surface area contributed by atoms with E-state index in [0.717, 1.165) is 5.56 Å². The van der Waals surface area contributed by atoms with Crippen molar-refractivity contribution in [3.8, 4) is 11.5 Å². The molecule has 0 saturated carbocycles. The van der Waals surface area contributed by atoms with Gasteiger partial charge in [0.05, 0.1) is 30.0 Å². The number of halogens is 2. The zero-order chi connectivity index (χ0) is 26.3. The quantitative estimate of drug-likeness (QED) is 0.375. The number of benzene rings is 3. The van der Waals surface area contributed by atoms with Crippen molar-refractivity contribution in [2.45, 2.75) is 19.4 Å². The van der Waals surface area contributed by atoms with Crippen LogP contribution in [0, 0.1) is 5.82 Å². The highest BCUT2D eigenvalue weighted by molar-refractivity contribution is 9.10. The van der Waals surface area contributed by atoms with Crippen LogP contribution in [-0.4, -0.2) is 26.0 Å². The van der Waals surface area contributed by atoms with Gasteiger partial charge in [-0.25, -0.2) is 9.18 Å². The molecule has 1 atom stereocenters. The number of rotatable bonds is 6. The zero-order valence-corrected chi connectivity index (χ0v) is 21.9. The number of esters is 1. The lowest BCUT2D eigenvalue weighted by atomic mass is 9.79. The molecule has 6 nitrogen and oxygen atoms in total. The first-order valence-electron chi connectivity index (χ1n) is 11.5. The molecular formula is C29H23BrFNO5. The number of carbonyl (C=O) groups is 2.